The van der Waals surface area contributed by atoms with E-state index in [1.165, 1.54) is 4.90 Å². The van der Waals surface area contributed by atoms with Crippen LogP contribution in [0.5, 0.6) is 0 Å². The van der Waals surface area contributed by atoms with Gasteiger partial charge in [-0.1, -0.05) is 29.8 Å². The first-order valence-electron chi connectivity index (χ1n) is 10.7. The summed E-state index contributed by atoms with van der Waals surface area (Å²) in [6.45, 7) is 8.74. The van der Waals surface area contributed by atoms with Crippen molar-refractivity contribution in [2.24, 2.45) is 0 Å². The number of benzene rings is 2. The first-order chi connectivity index (χ1) is 15.3. The van der Waals surface area contributed by atoms with Crippen LogP contribution in [-0.2, 0) is 26.2 Å². The van der Waals surface area contributed by atoms with E-state index in [1.807, 2.05) is 33.8 Å². The molecule has 0 bridgehead atoms. The molecule has 9 heteroatoms. The van der Waals surface area contributed by atoms with Crippen LogP contribution in [-0.4, -0.2) is 50.0 Å². The Morgan fingerprint density at radius 3 is 2.03 bits per heavy atom. The third-order valence-corrected chi connectivity index (χ3v) is 6.43. The fourth-order valence-corrected chi connectivity index (χ4v) is 4.44. The van der Waals surface area contributed by atoms with E-state index in [0.717, 1.165) is 27.3 Å². The molecule has 33 heavy (non-hydrogen) atoms. The number of hydrogen-bond donors (Lipinski definition) is 1. The SMILES string of the molecule is Cc1cc(C)cc(N(CC(=O)N(Cc2ccc(Cl)cc2)[C@H](C)C(=O)NC(C)C)S(C)(=O)=O)c1. The lowest BCUT2D eigenvalue weighted by molar-refractivity contribution is -0.139. The van der Waals surface area contributed by atoms with Crippen molar-refractivity contribution in [2.75, 3.05) is 17.1 Å². The van der Waals surface area contributed by atoms with Gasteiger partial charge in [-0.15, -0.1) is 0 Å². The number of rotatable bonds is 9. The average molecular weight is 494 g/mol. The lowest BCUT2D eigenvalue weighted by Gasteiger charge is -2.32. The maximum absolute atomic E-state index is 13.5. The van der Waals surface area contributed by atoms with Crippen molar-refractivity contribution in [2.45, 2.75) is 53.2 Å². The number of sulfonamides is 1. The van der Waals surface area contributed by atoms with E-state index < -0.39 is 28.5 Å². The van der Waals surface area contributed by atoms with Gasteiger partial charge in [-0.25, -0.2) is 8.42 Å². The molecular weight excluding hydrogens is 462 g/mol. The van der Waals surface area contributed by atoms with Crippen molar-refractivity contribution >= 4 is 39.1 Å². The van der Waals surface area contributed by atoms with Crippen molar-refractivity contribution in [1.29, 1.82) is 0 Å². The minimum absolute atomic E-state index is 0.102. The van der Waals surface area contributed by atoms with Gasteiger partial charge in [0.15, 0.2) is 0 Å². The molecule has 0 aromatic heterocycles. The maximum Gasteiger partial charge on any atom is 0.244 e. The molecule has 0 fully saturated rings. The zero-order valence-electron chi connectivity index (χ0n) is 19.9. The minimum atomic E-state index is -3.76. The highest BCUT2D eigenvalue weighted by Crippen LogP contribution is 2.22. The maximum atomic E-state index is 13.5. The molecular formula is C24H32ClN3O4S. The lowest BCUT2D eigenvalue weighted by atomic mass is 10.1. The predicted octanol–water partition coefficient (Wildman–Crippen LogP) is 3.66. The molecule has 0 heterocycles. The fraction of sp³-hybridized carbons (Fsp3) is 0.417. The lowest BCUT2D eigenvalue weighted by Crippen LogP contribution is -2.52. The Kier molecular flexibility index (Phi) is 8.91. The van der Waals surface area contributed by atoms with Gasteiger partial charge in [0, 0.05) is 17.6 Å². The number of nitrogens with zero attached hydrogens (tertiary/aromatic N) is 2. The molecule has 2 rings (SSSR count). The Morgan fingerprint density at radius 1 is 1.00 bits per heavy atom. The number of aryl methyl sites for hydroxylation is 2. The van der Waals surface area contributed by atoms with Crippen LogP contribution in [0.4, 0.5) is 5.69 Å². The minimum Gasteiger partial charge on any atom is -0.352 e. The van der Waals surface area contributed by atoms with E-state index in [9.17, 15) is 18.0 Å². The summed E-state index contributed by atoms with van der Waals surface area (Å²) in [5.41, 5.74) is 2.95. The topological polar surface area (TPSA) is 86.8 Å². The molecule has 0 saturated carbocycles. The molecule has 0 radical (unpaired) electrons. The van der Waals surface area contributed by atoms with Crippen molar-refractivity contribution in [1.82, 2.24) is 10.2 Å². The van der Waals surface area contributed by atoms with Crippen LogP contribution in [0.1, 0.15) is 37.5 Å². The van der Waals surface area contributed by atoms with Gasteiger partial charge in [-0.2, -0.15) is 0 Å². The molecule has 2 aromatic rings. The number of carbonyl (C=O) groups is 2. The van der Waals surface area contributed by atoms with Gasteiger partial charge in [0.05, 0.1) is 11.9 Å². The molecule has 1 N–H and O–H groups in total. The second kappa shape index (κ2) is 11.0. The van der Waals surface area contributed by atoms with E-state index in [-0.39, 0.29) is 18.5 Å². The van der Waals surface area contributed by atoms with Crippen LogP contribution in [0.2, 0.25) is 5.02 Å². The van der Waals surface area contributed by atoms with Crippen LogP contribution >= 0.6 is 11.6 Å². The second-order valence-corrected chi connectivity index (χ2v) is 10.9. The summed E-state index contributed by atoms with van der Waals surface area (Å²) in [5.74, 6) is -0.800. The van der Waals surface area contributed by atoms with Gasteiger partial charge in [-0.05, 0) is 75.6 Å². The molecule has 0 spiro atoms. The predicted molar refractivity (Wildman–Crippen MR) is 133 cm³/mol. The molecule has 0 saturated heterocycles. The Balaban J connectivity index is 2.41. The Labute approximate surface area is 201 Å². The summed E-state index contributed by atoms with van der Waals surface area (Å²) >= 11 is 5.98. The van der Waals surface area contributed by atoms with Crippen LogP contribution in [0.3, 0.4) is 0 Å². The van der Waals surface area contributed by atoms with Crippen LogP contribution in [0.15, 0.2) is 42.5 Å². The van der Waals surface area contributed by atoms with Crippen molar-refractivity contribution in [3.8, 4) is 0 Å². The number of carbonyl (C=O) groups excluding carboxylic acids is 2. The van der Waals surface area contributed by atoms with Gasteiger partial charge in [-0.3, -0.25) is 13.9 Å². The highest BCUT2D eigenvalue weighted by Gasteiger charge is 2.30. The Hall–Kier alpha value is -2.58. The van der Waals surface area contributed by atoms with Gasteiger partial charge in [0.2, 0.25) is 21.8 Å². The van der Waals surface area contributed by atoms with E-state index in [2.05, 4.69) is 5.32 Å². The van der Waals surface area contributed by atoms with E-state index in [0.29, 0.717) is 10.7 Å². The highest BCUT2D eigenvalue weighted by atomic mass is 35.5. The van der Waals surface area contributed by atoms with Crippen molar-refractivity contribution in [3.63, 3.8) is 0 Å². The number of amides is 2. The summed E-state index contributed by atoms with van der Waals surface area (Å²) < 4.78 is 26.3. The molecule has 2 amide bonds. The average Bonchev–Trinajstić information content (AvgIpc) is 2.68. The summed E-state index contributed by atoms with van der Waals surface area (Å²) in [5, 5.41) is 3.37. The van der Waals surface area contributed by atoms with E-state index in [1.54, 1.807) is 43.3 Å². The highest BCUT2D eigenvalue weighted by molar-refractivity contribution is 7.92. The smallest absolute Gasteiger partial charge is 0.244 e. The largest absolute Gasteiger partial charge is 0.352 e. The summed E-state index contributed by atoms with van der Waals surface area (Å²) in [6, 6.07) is 11.4. The molecule has 0 aliphatic carbocycles. The van der Waals surface area contributed by atoms with Gasteiger partial charge < -0.3 is 10.2 Å². The van der Waals surface area contributed by atoms with E-state index >= 15 is 0 Å². The molecule has 1 atom stereocenters. The monoisotopic (exact) mass is 493 g/mol. The standard InChI is InChI=1S/C24H32ClN3O4S/c1-16(2)26-24(30)19(5)27(14-20-7-9-21(25)10-8-20)23(29)15-28(33(6,31)32)22-12-17(3)11-18(4)13-22/h7-13,16,19H,14-15H2,1-6H3,(H,26,30)/t19-/m1/s1. The van der Waals surface area contributed by atoms with Gasteiger partial charge in [0.25, 0.3) is 0 Å². The molecule has 0 unspecified atom stereocenters. The zero-order valence-corrected chi connectivity index (χ0v) is 21.5. The van der Waals surface area contributed by atoms with Crippen molar-refractivity contribution < 1.29 is 18.0 Å². The number of hydrogen-bond acceptors (Lipinski definition) is 4. The third kappa shape index (κ3) is 7.75. The molecule has 2 aromatic carbocycles. The van der Waals surface area contributed by atoms with Gasteiger partial charge >= 0.3 is 0 Å². The molecule has 0 aliphatic heterocycles. The summed E-state index contributed by atoms with van der Waals surface area (Å²) in [7, 11) is -3.76. The van der Waals surface area contributed by atoms with E-state index in [4.69, 9.17) is 11.6 Å². The summed E-state index contributed by atoms with van der Waals surface area (Å²) in [6.07, 6.45) is 1.07. The number of nitrogens with one attached hydrogen (secondary N) is 1. The number of halogens is 1. The first kappa shape index (κ1) is 26.7. The van der Waals surface area contributed by atoms with Crippen LogP contribution in [0, 0.1) is 13.8 Å². The quantitative estimate of drug-likeness (QED) is 0.577. The Bertz CT molecular complexity index is 1080. The van der Waals surface area contributed by atoms with Gasteiger partial charge in [0.1, 0.15) is 12.6 Å². The fourth-order valence-electron chi connectivity index (χ4n) is 3.48. The molecule has 7 nitrogen and oxygen atoms in total. The molecule has 0 aliphatic rings. The zero-order chi connectivity index (χ0) is 24.9. The first-order valence-corrected chi connectivity index (χ1v) is 12.9. The van der Waals surface area contributed by atoms with Crippen LogP contribution < -0.4 is 9.62 Å². The third-order valence-electron chi connectivity index (χ3n) is 5.04. The second-order valence-electron chi connectivity index (χ2n) is 8.60. The Morgan fingerprint density at radius 2 is 1.55 bits per heavy atom. The molecule has 180 valence electrons. The van der Waals surface area contributed by atoms with Crippen molar-refractivity contribution in [3.05, 3.63) is 64.2 Å². The normalized spacial score (nSPS) is 12.4. The number of anilines is 1. The van der Waals surface area contributed by atoms with Crippen LogP contribution in [0.25, 0.3) is 0 Å². The summed E-state index contributed by atoms with van der Waals surface area (Å²) in [4.78, 5) is 27.6.